The Kier molecular flexibility index (Phi) is 6.43. The number of hydrogen-bond donors (Lipinski definition) is 0. The first-order valence-corrected chi connectivity index (χ1v) is 13.1. The smallest absolute Gasteiger partial charge is 0.249 e. The van der Waals surface area contributed by atoms with E-state index < -0.39 is 0 Å². The molecule has 1 amide bonds. The number of benzene rings is 1. The predicted octanol–water partition coefficient (Wildman–Crippen LogP) is 4.44. The van der Waals surface area contributed by atoms with Crippen LogP contribution in [0.4, 0.5) is 5.00 Å². The number of carbonyl (C=O) groups excluding carboxylic acids is 1. The minimum Gasteiger partial charge on any atom is -0.379 e. The van der Waals surface area contributed by atoms with E-state index in [4.69, 9.17) is 9.73 Å². The van der Waals surface area contributed by atoms with Gasteiger partial charge in [-0.25, -0.2) is 0 Å². The zero-order valence-electron chi connectivity index (χ0n) is 20.2. The Balaban J connectivity index is 1.51. The predicted molar refractivity (Wildman–Crippen MR) is 136 cm³/mol. The summed E-state index contributed by atoms with van der Waals surface area (Å²) in [4.78, 5) is 24.1. The molecule has 5 nitrogen and oxygen atoms in total. The second-order valence-corrected chi connectivity index (χ2v) is 11.5. The van der Waals surface area contributed by atoms with E-state index in [1.165, 1.54) is 34.4 Å². The van der Waals surface area contributed by atoms with E-state index in [0.29, 0.717) is 0 Å². The highest BCUT2D eigenvalue weighted by Crippen LogP contribution is 2.42. The molecule has 33 heavy (non-hydrogen) atoms. The summed E-state index contributed by atoms with van der Waals surface area (Å²) < 4.78 is 5.50. The first-order valence-electron chi connectivity index (χ1n) is 12.3. The Morgan fingerprint density at radius 3 is 2.48 bits per heavy atom. The standard InChI is InChI=1S/C27H35N3O2S/c1-27(2,3)20-10-8-19(9-11-20)25-24-21-6-4-5-7-22(21)33-26(24)30(23(31)18-28-25)13-12-29-14-16-32-17-15-29/h8-11H,4-7,12-18H2,1-3H3. The maximum atomic E-state index is 13.3. The van der Waals surface area contributed by atoms with E-state index in [1.807, 2.05) is 16.2 Å². The third kappa shape index (κ3) is 4.66. The number of aliphatic imine (C=N–C) groups is 1. The molecule has 3 heterocycles. The number of ether oxygens (including phenoxy) is 1. The van der Waals surface area contributed by atoms with Gasteiger partial charge in [0.05, 0.1) is 18.9 Å². The van der Waals surface area contributed by atoms with Gasteiger partial charge in [-0.15, -0.1) is 11.3 Å². The van der Waals surface area contributed by atoms with Crippen molar-refractivity contribution in [1.29, 1.82) is 0 Å². The lowest BCUT2D eigenvalue weighted by molar-refractivity contribution is -0.117. The number of aryl methyl sites for hydroxylation is 1. The number of carbonyl (C=O) groups is 1. The summed E-state index contributed by atoms with van der Waals surface area (Å²) in [6, 6.07) is 8.84. The van der Waals surface area contributed by atoms with Crippen LogP contribution in [0, 0.1) is 0 Å². The Bertz CT molecular complexity index is 1040. The topological polar surface area (TPSA) is 45.1 Å². The molecular formula is C27H35N3O2S. The van der Waals surface area contributed by atoms with Crippen LogP contribution >= 0.6 is 11.3 Å². The molecule has 0 radical (unpaired) electrons. The maximum Gasteiger partial charge on any atom is 0.249 e. The third-order valence-corrected chi connectivity index (χ3v) is 8.39. The van der Waals surface area contributed by atoms with Crippen molar-refractivity contribution in [2.24, 2.45) is 4.99 Å². The van der Waals surface area contributed by atoms with Crippen LogP contribution in [0.1, 0.15) is 60.7 Å². The zero-order valence-corrected chi connectivity index (χ0v) is 21.0. The molecule has 5 rings (SSSR count). The van der Waals surface area contributed by atoms with Crippen LogP contribution in [0.25, 0.3) is 0 Å². The third-order valence-electron chi connectivity index (χ3n) is 7.08. The molecule has 1 aromatic heterocycles. The largest absolute Gasteiger partial charge is 0.379 e. The molecule has 3 aliphatic rings. The number of anilines is 1. The van der Waals surface area contributed by atoms with Crippen molar-refractivity contribution in [3.8, 4) is 0 Å². The first kappa shape index (κ1) is 22.8. The zero-order chi connectivity index (χ0) is 23.0. The maximum absolute atomic E-state index is 13.3. The van der Waals surface area contributed by atoms with Crippen molar-refractivity contribution in [2.75, 3.05) is 50.8 Å². The Morgan fingerprint density at radius 2 is 1.76 bits per heavy atom. The van der Waals surface area contributed by atoms with Gasteiger partial charge >= 0.3 is 0 Å². The van der Waals surface area contributed by atoms with Crippen molar-refractivity contribution in [3.05, 3.63) is 51.4 Å². The summed E-state index contributed by atoms with van der Waals surface area (Å²) in [6.07, 6.45) is 4.66. The van der Waals surface area contributed by atoms with Gasteiger partial charge in [-0.3, -0.25) is 14.7 Å². The van der Waals surface area contributed by atoms with Crippen molar-refractivity contribution in [2.45, 2.75) is 51.9 Å². The Morgan fingerprint density at radius 1 is 1.03 bits per heavy atom. The van der Waals surface area contributed by atoms with Gasteiger partial charge in [0.2, 0.25) is 5.91 Å². The van der Waals surface area contributed by atoms with Crippen LogP contribution in [-0.4, -0.2) is 62.5 Å². The quantitative estimate of drug-likeness (QED) is 0.671. The Hall–Kier alpha value is -2.02. The molecule has 1 fully saturated rings. The second-order valence-electron chi connectivity index (χ2n) is 10.4. The summed E-state index contributed by atoms with van der Waals surface area (Å²) in [6.45, 7) is 12.0. The SMILES string of the molecule is CC(C)(C)c1ccc(C2=NCC(=O)N(CCN3CCOCC3)c3sc4c(c32)CCCC4)cc1. The molecule has 0 bridgehead atoms. The number of morpholine rings is 1. The van der Waals surface area contributed by atoms with E-state index in [2.05, 4.69) is 49.9 Å². The van der Waals surface area contributed by atoms with Gasteiger partial charge in [0.1, 0.15) is 11.5 Å². The molecule has 1 aromatic carbocycles. The fourth-order valence-electron chi connectivity index (χ4n) is 5.07. The van der Waals surface area contributed by atoms with Crippen LogP contribution in [0.5, 0.6) is 0 Å². The second kappa shape index (κ2) is 9.32. The molecule has 0 saturated carbocycles. The number of amides is 1. The molecule has 1 saturated heterocycles. The van der Waals surface area contributed by atoms with E-state index in [1.54, 1.807) is 0 Å². The molecule has 0 spiro atoms. The van der Waals surface area contributed by atoms with Gasteiger partial charge in [-0.05, 0) is 42.2 Å². The van der Waals surface area contributed by atoms with Crippen LogP contribution in [0.15, 0.2) is 29.3 Å². The number of rotatable bonds is 4. The van der Waals surface area contributed by atoms with E-state index in [0.717, 1.165) is 68.5 Å². The van der Waals surface area contributed by atoms with Crippen LogP contribution in [0.2, 0.25) is 0 Å². The van der Waals surface area contributed by atoms with Crippen molar-refractivity contribution in [3.63, 3.8) is 0 Å². The van der Waals surface area contributed by atoms with Crippen molar-refractivity contribution in [1.82, 2.24) is 4.90 Å². The van der Waals surface area contributed by atoms with Gasteiger partial charge in [-0.2, -0.15) is 0 Å². The van der Waals surface area contributed by atoms with Crippen LogP contribution in [0.3, 0.4) is 0 Å². The number of fused-ring (bicyclic) bond motifs is 3. The highest BCUT2D eigenvalue weighted by molar-refractivity contribution is 7.17. The van der Waals surface area contributed by atoms with E-state index in [-0.39, 0.29) is 17.9 Å². The van der Waals surface area contributed by atoms with Gasteiger partial charge < -0.3 is 9.64 Å². The molecule has 2 aliphatic heterocycles. The number of hydrogen-bond acceptors (Lipinski definition) is 5. The monoisotopic (exact) mass is 465 g/mol. The minimum absolute atomic E-state index is 0.114. The van der Waals surface area contributed by atoms with Gasteiger partial charge in [0, 0.05) is 42.2 Å². The van der Waals surface area contributed by atoms with Crippen molar-refractivity contribution < 1.29 is 9.53 Å². The number of nitrogens with zero attached hydrogens (tertiary/aromatic N) is 3. The summed E-state index contributed by atoms with van der Waals surface area (Å²) in [5.74, 6) is 0.115. The molecule has 1 aliphatic carbocycles. The highest BCUT2D eigenvalue weighted by atomic mass is 32.1. The average molecular weight is 466 g/mol. The fourth-order valence-corrected chi connectivity index (χ4v) is 6.50. The van der Waals surface area contributed by atoms with Gasteiger partial charge in [0.15, 0.2) is 0 Å². The molecule has 2 aromatic rings. The van der Waals surface area contributed by atoms with Crippen molar-refractivity contribution >= 4 is 28.0 Å². The lowest BCUT2D eigenvalue weighted by Crippen LogP contribution is -2.43. The van der Waals surface area contributed by atoms with E-state index >= 15 is 0 Å². The fraction of sp³-hybridized carbons (Fsp3) is 0.556. The van der Waals surface area contributed by atoms with Gasteiger partial charge in [0.25, 0.3) is 0 Å². The minimum atomic E-state index is 0.114. The Labute approximate surface area is 201 Å². The summed E-state index contributed by atoms with van der Waals surface area (Å²) in [5.41, 5.74) is 6.22. The molecule has 0 unspecified atom stereocenters. The van der Waals surface area contributed by atoms with Gasteiger partial charge in [-0.1, -0.05) is 45.0 Å². The van der Waals surface area contributed by atoms with E-state index in [9.17, 15) is 4.79 Å². The molecule has 0 N–H and O–H groups in total. The lowest BCUT2D eigenvalue weighted by atomic mass is 9.85. The first-order chi connectivity index (χ1) is 15.9. The number of thiophene rings is 1. The molecule has 0 atom stereocenters. The average Bonchev–Trinajstić information content (AvgIpc) is 3.12. The summed E-state index contributed by atoms with van der Waals surface area (Å²) in [7, 11) is 0. The highest BCUT2D eigenvalue weighted by Gasteiger charge is 2.32. The molecule has 176 valence electrons. The molecular weight excluding hydrogens is 430 g/mol. The normalized spacial score (nSPS) is 19.7. The van der Waals surface area contributed by atoms with Crippen LogP contribution in [-0.2, 0) is 27.8 Å². The summed E-state index contributed by atoms with van der Waals surface area (Å²) in [5, 5.41) is 1.12. The molecule has 6 heteroatoms. The summed E-state index contributed by atoms with van der Waals surface area (Å²) >= 11 is 1.84. The lowest BCUT2D eigenvalue weighted by Gasteiger charge is -2.29. The van der Waals surface area contributed by atoms with Crippen LogP contribution < -0.4 is 4.90 Å².